The van der Waals surface area contributed by atoms with E-state index in [0.717, 1.165) is 5.02 Å². The van der Waals surface area contributed by atoms with Crippen LogP contribution < -0.4 is 5.32 Å². The van der Waals surface area contributed by atoms with Crippen molar-refractivity contribution in [2.24, 2.45) is 0 Å². The van der Waals surface area contributed by atoms with Crippen LogP contribution in [0.2, 0.25) is 5.02 Å². The Labute approximate surface area is 103 Å². The maximum atomic E-state index is 9.84. The molecule has 0 aromatic heterocycles. The van der Waals surface area contributed by atoms with Gasteiger partial charge in [-0.05, 0) is 45.4 Å². The van der Waals surface area contributed by atoms with Crippen LogP contribution in [-0.2, 0) is 0 Å². The van der Waals surface area contributed by atoms with Gasteiger partial charge in [0.1, 0.15) is 0 Å². The number of nitrogens with one attached hydrogen (secondary N) is 1. The molecule has 2 nitrogen and oxygen atoms in total. The van der Waals surface area contributed by atoms with E-state index in [0.29, 0.717) is 0 Å². The highest BCUT2D eigenvalue weighted by atomic mass is 35.5. The lowest BCUT2D eigenvalue weighted by molar-refractivity contribution is 0.0405. The molecule has 2 N–H and O–H groups in total. The Hall–Kier alpha value is -0.570. The van der Waals surface area contributed by atoms with E-state index in [-0.39, 0.29) is 12.1 Å². The molecule has 0 aliphatic heterocycles. The fourth-order valence-electron chi connectivity index (χ4n) is 1.43. The van der Waals surface area contributed by atoms with E-state index in [1.807, 2.05) is 31.2 Å². The highest BCUT2D eigenvalue weighted by Crippen LogP contribution is 2.18. The summed E-state index contributed by atoms with van der Waals surface area (Å²) in [4.78, 5) is 0. The maximum Gasteiger partial charge on any atom is 0.0741 e. The normalized spacial score (nSPS) is 15.9. The van der Waals surface area contributed by atoms with Crippen molar-refractivity contribution in [3.63, 3.8) is 0 Å². The number of halogens is 1. The molecule has 0 bridgehead atoms. The van der Waals surface area contributed by atoms with Crippen LogP contribution in [0.15, 0.2) is 24.3 Å². The Balaban J connectivity index is 2.65. The van der Waals surface area contributed by atoms with Gasteiger partial charge in [0.05, 0.1) is 5.60 Å². The summed E-state index contributed by atoms with van der Waals surface area (Å²) in [7, 11) is 0. The van der Waals surface area contributed by atoms with Gasteiger partial charge in [-0.15, -0.1) is 0 Å². The Morgan fingerprint density at radius 1 is 1.19 bits per heavy atom. The molecule has 2 atom stereocenters. The van der Waals surface area contributed by atoms with E-state index in [4.69, 9.17) is 11.6 Å². The molecule has 0 saturated carbocycles. The van der Waals surface area contributed by atoms with Gasteiger partial charge >= 0.3 is 0 Å². The van der Waals surface area contributed by atoms with Crippen molar-refractivity contribution < 1.29 is 5.11 Å². The van der Waals surface area contributed by atoms with Crippen LogP contribution in [-0.4, -0.2) is 16.7 Å². The van der Waals surface area contributed by atoms with Crippen LogP contribution in [0.3, 0.4) is 0 Å². The zero-order chi connectivity index (χ0) is 12.3. The first-order valence-electron chi connectivity index (χ1n) is 5.54. The molecule has 1 unspecified atom stereocenters. The molecule has 1 rings (SSSR count). The minimum atomic E-state index is -0.722. The summed E-state index contributed by atoms with van der Waals surface area (Å²) in [6.45, 7) is 7.66. The molecule has 0 fully saturated rings. The summed E-state index contributed by atoms with van der Waals surface area (Å²) in [5, 5.41) is 13.9. The summed E-state index contributed by atoms with van der Waals surface area (Å²) in [5.74, 6) is 0. The van der Waals surface area contributed by atoms with Crippen LogP contribution in [0.5, 0.6) is 0 Å². The molecule has 1 aromatic carbocycles. The fourth-order valence-corrected chi connectivity index (χ4v) is 1.55. The van der Waals surface area contributed by atoms with Gasteiger partial charge in [0.25, 0.3) is 0 Å². The molecular weight excluding hydrogens is 222 g/mol. The summed E-state index contributed by atoms with van der Waals surface area (Å²) >= 11 is 5.83. The second-order valence-corrected chi connectivity index (χ2v) is 5.25. The first-order chi connectivity index (χ1) is 7.30. The molecule has 0 aliphatic carbocycles. The van der Waals surface area contributed by atoms with Gasteiger partial charge in [0.2, 0.25) is 0 Å². The zero-order valence-corrected chi connectivity index (χ0v) is 11.0. The van der Waals surface area contributed by atoms with E-state index in [1.165, 1.54) is 5.56 Å². The van der Waals surface area contributed by atoms with Crippen LogP contribution in [0.25, 0.3) is 0 Å². The van der Waals surface area contributed by atoms with Crippen molar-refractivity contribution in [1.82, 2.24) is 5.32 Å². The SMILES string of the molecule is CC(N[C@H](C)c1ccc(Cl)cc1)C(C)(C)O. The van der Waals surface area contributed by atoms with Gasteiger partial charge in [0.15, 0.2) is 0 Å². The van der Waals surface area contributed by atoms with Crippen LogP contribution in [0, 0.1) is 0 Å². The molecule has 3 heteroatoms. The lowest BCUT2D eigenvalue weighted by Crippen LogP contribution is -2.45. The smallest absolute Gasteiger partial charge is 0.0741 e. The predicted molar refractivity (Wildman–Crippen MR) is 68.8 cm³/mol. The van der Waals surface area contributed by atoms with Crippen molar-refractivity contribution in [2.45, 2.75) is 45.4 Å². The topological polar surface area (TPSA) is 32.3 Å². The molecular formula is C13H20ClNO. The van der Waals surface area contributed by atoms with Gasteiger partial charge in [-0.3, -0.25) is 0 Å². The third kappa shape index (κ3) is 3.78. The van der Waals surface area contributed by atoms with Crippen LogP contribution in [0.4, 0.5) is 0 Å². The fraction of sp³-hybridized carbons (Fsp3) is 0.538. The molecule has 0 aliphatic rings. The van der Waals surface area contributed by atoms with E-state index in [9.17, 15) is 5.11 Å². The number of benzene rings is 1. The van der Waals surface area contributed by atoms with Gasteiger partial charge in [-0.2, -0.15) is 0 Å². The van der Waals surface area contributed by atoms with Gasteiger partial charge < -0.3 is 10.4 Å². The quantitative estimate of drug-likeness (QED) is 0.849. The van der Waals surface area contributed by atoms with Crippen molar-refractivity contribution in [2.75, 3.05) is 0 Å². The van der Waals surface area contributed by atoms with Crippen LogP contribution in [0.1, 0.15) is 39.3 Å². The number of rotatable bonds is 4. The van der Waals surface area contributed by atoms with Gasteiger partial charge in [-0.25, -0.2) is 0 Å². The number of aliphatic hydroxyl groups is 1. The van der Waals surface area contributed by atoms with Crippen molar-refractivity contribution >= 4 is 11.6 Å². The predicted octanol–water partition coefficient (Wildman–Crippen LogP) is 3.15. The Morgan fingerprint density at radius 3 is 2.12 bits per heavy atom. The monoisotopic (exact) mass is 241 g/mol. The summed E-state index contributed by atoms with van der Waals surface area (Å²) in [5.41, 5.74) is 0.446. The first kappa shape index (κ1) is 13.5. The van der Waals surface area contributed by atoms with E-state index >= 15 is 0 Å². The Bertz CT molecular complexity index is 329. The molecule has 90 valence electrons. The molecule has 0 amide bonds. The molecule has 0 saturated heterocycles. The van der Waals surface area contributed by atoms with Gasteiger partial charge in [-0.1, -0.05) is 23.7 Å². The largest absolute Gasteiger partial charge is 0.389 e. The van der Waals surface area contributed by atoms with Crippen molar-refractivity contribution in [3.05, 3.63) is 34.9 Å². The van der Waals surface area contributed by atoms with E-state index < -0.39 is 5.60 Å². The second-order valence-electron chi connectivity index (χ2n) is 4.82. The average molecular weight is 242 g/mol. The third-order valence-corrected chi connectivity index (χ3v) is 3.18. The molecule has 1 aromatic rings. The van der Waals surface area contributed by atoms with E-state index in [2.05, 4.69) is 12.2 Å². The van der Waals surface area contributed by atoms with E-state index in [1.54, 1.807) is 13.8 Å². The maximum absolute atomic E-state index is 9.84. The minimum absolute atomic E-state index is 0.0261. The molecule has 0 heterocycles. The lowest BCUT2D eigenvalue weighted by Gasteiger charge is -2.30. The molecule has 16 heavy (non-hydrogen) atoms. The molecule has 0 spiro atoms. The highest BCUT2D eigenvalue weighted by Gasteiger charge is 2.23. The summed E-state index contributed by atoms with van der Waals surface area (Å²) in [6.07, 6.45) is 0. The first-order valence-corrected chi connectivity index (χ1v) is 5.92. The highest BCUT2D eigenvalue weighted by molar-refractivity contribution is 6.30. The summed E-state index contributed by atoms with van der Waals surface area (Å²) in [6, 6.07) is 7.97. The Kier molecular flexibility index (Phi) is 4.36. The van der Waals surface area contributed by atoms with Crippen molar-refractivity contribution in [3.8, 4) is 0 Å². The zero-order valence-electron chi connectivity index (χ0n) is 10.3. The van der Waals surface area contributed by atoms with Crippen molar-refractivity contribution in [1.29, 1.82) is 0 Å². The number of hydrogen-bond acceptors (Lipinski definition) is 2. The summed E-state index contributed by atoms with van der Waals surface area (Å²) < 4.78 is 0. The average Bonchev–Trinajstić information content (AvgIpc) is 2.17. The van der Waals surface area contributed by atoms with Crippen LogP contribution >= 0.6 is 11.6 Å². The van der Waals surface area contributed by atoms with Gasteiger partial charge in [0, 0.05) is 17.1 Å². The number of hydrogen-bond donors (Lipinski definition) is 2. The standard InChI is InChI=1S/C13H20ClNO/c1-9(15-10(2)13(3,4)16)11-5-7-12(14)8-6-11/h5-10,15-16H,1-4H3/t9-,10?/m1/s1. The lowest BCUT2D eigenvalue weighted by atomic mass is 9.98. The molecule has 0 radical (unpaired) electrons. The Morgan fingerprint density at radius 2 is 1.69 bits per heavy atom. The minimum Gasteiger partial charge on any atom is -0.389 e. The third-order valence-electron chi connectivity index (χ3n) is 2.93. The second kappa shape index (κ2) is 5.17.